The fraction of sp³-hybridized carbons (Fsp3) is 0. The van der Waals surface area contributed by atoms with Gasteiger partial charge in [-0.3, -0.25) is 4.98 Å². The Morgan fingerprint density at radius 1 is 0.459 bits per heavy atom. The summed E-state index contributed by atoms with van der Waals surface area (Å²) in [5.74, 6) is 0.690. The van der Waals surface area contributed by atoms with Crippen LogP contribution in [0.3, 0.4) is 0 Å². The lowest BCUT2D eigenvalue weighted by atomic mass is 9.97. The van der Waals surface area contributed by atoms with Gasteiger partial charge in [0.05, 0.1) is 11.4 Å². The molecule has 0 amide bonds. The molecule has 0 saturated carbocycles. The Hall–Kier alpha value is -5.09. The van der Waals surface area contributed by atoms with Crippen LogP contribution >= 0.6 is 0 Å². The van der Waals surface area contributed by atoms with E-state index in [1.54, 1.807) is 0 Å². The third-order valence-electron chi connectivity index (χ3n) is 6.62. The van der Waals surface area contributed by atoms with Crippen molar-refractivity contribution in [2.75, 3.05) is 0 Å². The smallest absolute Gasteiger partial charge is 0.160 e. The number of furan rings is 1. The van der Waals surface area contributed by atoms with Gasteiger partial charge in [0.15, 0.2) is 5.82 Å². The SMILES string of the molecule is c1ccc(-c2nc(-c3ccc4oc5ccccc5c4c3)cc(-c3ccccc3-c3ccncc3)n2)cc1. The highest BCUT2D eigenvalue weighted by Gasteiger charge is 2.15. The summed E-state index contributed by atoms with van der Waals surface area (Å²) in [4.78, 5) is 14.3. The molecule has 0 N–H and O–H groups in total. The van der Waals surface area contributed by atoms with Crippen molar-refractivity contribution in [1.82, 2.24) is 15.0 Å². The van der Waals surface area contributed by atoms with E-state index in [4.69, 9.17) is 14.4 Å². The molecule has 7 aromatic rings. The first kappa shape index (κ1) is 21.2. The summed E-state index contributed by atoms with van der Waals surface area (Å²) in [6.45, 7) is 0. The van der Waals surface area contributed by atoms with Gasteiger partial charge in [0.25, 0.3) is 0 Å². The standard InChI is InChI=1S/C33H21N3O/c1-2-8-23(9-3-1)33-35-29(24-14-15-32-28(20-24)27-12-6-7-13-31(27)37-32)21-30(36-33)26-11-5-4-10-25(26)22-16-18-34-19-17-22/h1-21H. The number of pyridine rings is 1. The third kappa shape index (κ3) is 3.85. The van der Waals surface area contributed by atoms with Crippen molar-refractivity contribution in [3.63, 3.8) is 0 Å². The lowest BCUT2D eigenvalue weighted by Crippen LogP contribution is -1.97. The van der Waals surface area contributed by atoms with Crippen LogP contribution in [0, 0.1) is 0 Å². The molecule has 0 fully saturated rings. The average Bonchev–Trinajstić information content (AvgIpc) is 3.36. The molecule has 0 spiro atoms. The van der Waals surface area contributed by atoms with Gasteiger partial charge in [0.2, 0.25) is 0 Å². The fourth-order valence-corrected chi connectivity index (χ4v) is 4.82. The summed E-state index contributed by atoms with van der Waals surface area (Å²) in [6.07, 6.45) is 3.63. The van der Waals surface area contributed by atoms with E-state index in [9.17, 15) is 0 Å². The average molecular weight is 476 g/mol. The number of para-hydroxylation sites is 1. The van der Waals surface area contributed by atoms with E-state index in [1.807, 2.05) is 85.2 Å². The van der Waals surface area contributed by atoms with Crippen LogP contribution in [0.5, 0.6) is 0 Å². The lowest BCUT2D eigenvalue weighted by Gasteiger charge is -2.13. The third-order valence-corrected chi connectivity index (χ3v) is 6.62. The summed E-state index contributed by atoms with van der Waals surface area (Å²) in [6, 6.07) is 39.0. The van der Waals surface area contributed by atoms with Crippen LogP contribution in [0.1, 0.15) is 0 Å². The van der Waals surface area contributed by atoms with Gasteiger partial charge in [-0.15, -0.1) is 0 Å². The molecular formula is C33H21N3O. The van der Waals surface area contributed by atoms with Crippen molar-refractivity contribution >= 4 is 21.9 Å². The zero-order chi connectivity index (χ0) is 24.6. The minimum atomic E-state index is 0.690. The second kappa shape index (κ2) is 8.85. The molecule has 0 atom stereocenters. The number of hydrogen-bond donors (Lipinski definition) is 0. The second-order valence-corrected chi connectivity index (χ2v) is 8.92. The van der Waals surface area contributed by atoms with E-state index in [0.29, 0.717) is 5.82 Å². The Bertz CT molecular complexity index is 1880. The molecule has 0 radical (unpaired) electrons. The van der Waals surface area contributed by atoms with Crippen molar-refractivity contribution in [1.29, 1.82) is 0 Å². The first-order valence-electron chi connectivity index (χ1n) is 12.2. The van der Waals surface area contributed by atoms with Gasteiger partial charge >= 0.3 is 0 Å². The van der Waals surface area contributed by atoms with Crippen molar-refractivity contribution < 1.29 is 4.42 Å². The Balaban J connectivity index is 1.46. The van der Waals surface area contributed by atoms with E-state index in [0.717, 1.165) is 61.1 Å². The zero-order valence-electron chi connectivity index (χ0n) is 19.9. The molecule has 4 nitrogen and oxygen atoms in total. The van der Waals surface area contributed by atoms with E-state index >= 15 is 0 Å². The molecule has 0 aliphatic rings. The van der Waals surface area contributed by atoms with Crippen molar-refractivity contribution in [2.45, 2.75) is 0 Å². The molecule has 7 rings (SSSR count). The predicted octanol–water partition coefficient (Wildman–Crippen LogP) is 8.44. The van der Waals surface area contributed by atoms with Gasteiger partial charge in [-0.25, -0.2) is 9.97 Å². The predicted molar refractivity (Wildman–Crippen MR) is 149 cm³/mol. The van der Waals surface area contributed by atoms with Crippen molar-refractivity contribution in [2.24, 2.45) is 0 Å². The molecule has 37 heavy (non-hydrogen) atoms. The van der Waals surface area contributed by atoms with E-state index in [-0.39, 0.29) is 0 Å². The van der Waals surface area contributed by atoms with E-state index in [2.05, 4.69) is 47.4 Å². The van der Waals surface area contributed by atoms with Crippen molar-refractivity contribution in [3.8, 4) is 45.0 Å². The summed E-state index contributed by atoms with van der Waals surface area (Å²) >= 11 is 0. The van der Waals surface area contributed by atoms with Gasteiger partial charge in [-0.1, -0.05) is 72.8 Å². The Labute approximate surface area is 213 Å². The minimum Gasteiger partial charge on any atom is -0.456 e. The number of aromatic nitrogens is 3. The maximum atomic E-state index is 6.06. The fourth-order valence-electron chi connectivity index (χ4n) is 4.82. The Morgan fingerprint density at radius 2 is 1.16 bits per heavy atom. The van der Waals surface area contributed by atoms with Gasteiger partial charge in [-0.2, -0.15) is 0 Å². The summed E-state index contributed by atoms with van der Waals surface area (Å²) in [7, 11) is 0. The van der Waals surface area contributed by atoms with Crippen LogP contribution in [0.25, 0.3) is 67.0 Å². The van der Waals surface area contributed by atoms with Gasteiger partial charge < -0.3 is 4.42 Å². The van der Waals surface area contributed by atoms with Crippen molar-refractivity contribution in [3.05, 3.63) is 128 Å². The van der Waals surface area contributed by atoms with Crippen LogP contribution in [-0.2, 0) is 0 Å². The summed E-state index contributed by atoms with van der Waals surface area (Å²) in [5.41, 5.74) is 8.71. The number of rotatable bonds is 4. The van der Waals surface area contributed by atoms with Gasteiger partial charge in [-0.05, 0) is 53.6 Å². The first-order valence-corrected chi connectivity index (χ1v) is 12.2. The van der Waals surface area contributed by atoms with Gasteiger partial charge in [0, 0.05) is 39.9 Å². The maximum absolute atomic E-state index is 6.06. The molecule has 4 heteroatoms. The normalized spacial score (nSPS) is 11.2. The summed E-state index contributed by atoms with van der Waals surface area (Å²) in [5, 5.41) is 2.17. The number of nitrogens with zero attached hydrogens (tertiary/aromatic N) is 3. The van der Waals surface area contributed by atoms with Gasteiger partial charge in [0.1, 0.15) is 11.2 Å². The van der Waals surface area contributed by atoms with Crippen LogP contribution in [0.2, 0.25) is 0 Å². The van der Waals surface area contributed by atoms with Crippen LogP contribution < -0.4 is 0 Å². The monoisotopic (exact) mass is 475 g/mol. The molecule has 0 aliphatic heterocycles. The molecular weight excluding hydrogens is 454 g/mol. The maximum Gasteiger partial charge on any atom is 0.160 e. The zero-order valence-corrected chi connectivity index (χ0v) is 19.9. The Kier molecular flexibility index (Phi) is 5.07. The molecule has 0 saturated heterocycles. The number of fused-ring (bicyclic) bond motifs is 3. The largest absolute Gasteiger partial charge is 0.456 e. The highest BCUT2D eigenvalue weighted by atomic mass is 16.3. The summed E-state index contributed by atoms with van der Waals surface area (Å²) < 4.78 is 6.06. The molecule has 174 valence electrons. The molecule has 3 heterocycles. The molecule has 0 aliphatic carbocycles. The molecule has 3 aromatic heterocycles. The molecule has 4 aromatic carbocycles. The quantitative estimate of drug-likeness (QED) is 0.256. The number of benzene rings is 4. The Morgan fingerprint density at radius 3 is 2.03 bits per heavy atom. The highest BCUT2D eigenvalue weighted by molar-refractivity contribution is 6.06. The molecule has 0 bridgehead atoms. The molecule has 0 unspecified atom stereocenters. The van der Waals surface area contributed by atoms with E-state index < -0.39 is 0 Å². The van der Waals surface area contributed by atoms with Crippen LogP contribution in [0.4, 0.5) is 0 Å². The lowest BCUT2D eigenvalue weighted by molar-refractivity contribution is 0.669. The van der Waals surface area contributed by atoms with Crippen LogP contribution in [0.15, 0.2) is 132 Å². The second-order valence-electron chi connectivity index (χ2n) is 8.92. The van der Waals surface area contributed by atoms with E-state index in [1.165, 1.54) is 0 Å². The highest BCUT2D eigenvalue weighted by Crippen LogP contribution is 2.36. The minimum absolute atomic E-state index is 0.690. The topological polar surface area (TPSA) is 51.8 Å². The van der Waals surface area contributed by atoms with Crippen LogP contribution in [-0.4, -0.2) is 15.0 Å². The first-order chi connectivity index (χ1) is 18.3. The number of hydrogen-bond acceptors (Lipinski definition) is 4.